The van der Waals surface area contributed by atoms with Crippen LogP contribution in [0.5, 0.6) is 17.2 Å². The van der Waals surface area contributed by atoms with Crippen LogP contribution in [0, 0.1) is 0 Å². The maximum absolute atomic E-state index is 12.4. The van der Waals surface area contributed by atoms with Crippen LogP contribution in [-0.2, 0) is 13.0 Å². The molecule has 0 saturated carbocycles. The van der Waals surface area contributed by atoms with Crippen molar-refractivity contribution < 1.29 is 19.0 Å². The second-order valence-corrected chi connectivity index (χ2v) is 7.52. The molecule has 0 saturated heterocycles. The summed E-state index contributed by atoms with van der Waals surface area (Å²) in [4.78, 5) is 14.4. The molecule has 29 heavy (non-hydrogen) atoms. The Balaban J connectivity index is 1.70. The maximum atomic E-state index is 12.4. The number of rotatable bonds is 9. The zero-order valence-electron chi connectivity index (χ0n) is 16.8. The molecule has 2 aromatic carbocycles. The Kier molecular flexibility index (Phi) is 7.09. The van der Waals surface area contributed by atoms with Gasteiger partial charge in [-0.05, 0) is 66.6 Å². The van der Waals surface area contributed by atoms with E-state index in [2.05, 4.69) is 6.92 Å². The Labute approximate surface area is 175 Å². The van der Waals surface area contributed by atoms with Crippen LogP contribution in [0.3, 0.4) is 0 Å². The quantitative estimate of drug-likeness (QED) is 0.331. The van der Waals surface area contributed by atoms with E-state index in [0.717, 1.165) is 39.7 Å². The van der Waals surface area contributed by atoms with Gasteiger partial charge in [0.05, 0.1) is 19.1 Å². The lowest BCUT2D eigenvalue weighted by atomic mass is 10.1. The molecule has 3 rings (SSSR count). The van der Waals surface area contributed by atoms with Crippen LogP contribution in [0.1, 0.15) is 32.6 Å². The molecular weight excluding hydrogens is 384 g/mol. The molecule has 0 aliphatic heterocycles. The average molecular weight is 409 g/mol. The number of methoxy groups -OCH3 is 2. The summed E-state index contributed by atoms with van der Waals surface area (Å²) in [5.41, 5.74) is 1.82. The number of carbonyl (C=O) groups excluding carboxylic acids is 1. The van der Waals surface area contributed by atoms with Crippen molar-refractivity contribution in [2.75, 3.05) is 14.2 Å². The predicted octanol–water partition coefficient (Wildman–Crippen LogP) is 5.80. The van der Waals surface area contributed by atoms with Gasteiger partial charge in [0.15, 0.2) is 5.78 Å². The first-order chi connectivity index (χ1) is 14.1. The van der Waals surface area contributed by atoms with Crippen LogP contribution in [0.25, 0.3) is 6.08 Å². The lowest BCUT2D eigenvalue weighted by molar-refractivity contribution is 0.105. The van der Waals surface area contributed by atoms with E-state index in [1.807, 2.05) is 60.7 Å². The first-order valence-corrected chi connectivity index (χ1v) is 10.2. The Morgan fingerprint density at radius 2 is 1.72 bits per heavy atom. The number of ketones is 1. The summed E-state index contributed by atoms with van der Waals surface area (Å²) in [7, 11) is 3.26. The van der Waals surface area contributed by atoms with Crippen molar-refractivity contribution in [3.05, 3.63) is 81.6 Å². The summed E-state index contributed by atoms with van der Waals surface area (Å²) in [6.45, 7) is 2.44. The summed E-state index contributed by atoms with van der Waals surface area (Å²) in [6, 6.07) is 17.1. The SMILES string of the molecule is CCc1ccc(C(=O)/C=C/c2ccc(OC)c(COc3ccc(OC)cc3)c2)s1. The standard InChI is InChI=1S/C24H24O4S/c1-4-21-11-14-24(29-21)22(25)12-5-17-6-13-23(27-3)18(15-17)16-28-20-9-7-19(26-2)8-10-20/h5-15H,4,16H2,1-3H3/b12-5+. The van der Waals surface area contributed by atoms with Crippen LogP contribution in [0.4, 0.5) is 0 Å². The van der Waals surface area contributed by atoms with Crippen molar-refractivity contribution in [1.82, 2.24) is 0 Å². The fourth-order valence-corrected chi connectivity index (χ4v) is 3.67. The number of thiophene rings is 1. The smallest absolute Gasteiger partial charge is 0.195 e. The lowest BCUT2D eigenvalue weighted by Gasteiger charge is -2.11. The molecule has 0 aliphatic carbocycles. The van der Waals surface area contributed by atoms with Crippen LogP contribution >= 0.6 is 11.3 Å². The van der Waals surface area contributed by atoms with Gasteiger partial charge in [-0.2, -0.15) is 0 Å². The summed E-state index contributed by atoms with van der Waals surface area (Å²) in [5.74, 6) is 2.28. The highest BCUT2D eigenvalue weighted by atomic mass is 32.1. The largest absolute Gasteiger partial charge is 0.497 e. The number of allylic oxidation sites excluding steroid dienone is 1. The Morgan fingerprint density at radius 1 is 0.966 bits per heavy atom. The summed E-state index contributed by atoms with van der Waals surface area (Å²) in [6.07, 6.45) is 4.38. The minimum atomic E-state index is 0.0153. The normalized spacial score (nSPS) is 10.9. The molecule has 0 bridgehead atoms. The minimum Gasteiger partial charge on any atom is -0.497 e. The van der Waals surface area contributed by atoms with E-state index in [0.29, 0.717) is 6.61 Å². The summed E-state index contributed by atoms with van der Waals surface area (Å²) < 4.78 is 16.5. The highest BCUT2D eigenvalue weighted by Gasteiger charge is 2.08. The van der Waals surface area contributed by atoms with Crippen molar-refractivity contribution >= 4 is 23.2 Å². The predicted molar refractivity (Wildman–Crippen MR) is 117 cm³/mol. The van der Waals surface area contributed by atoms with E-state index in [1.165, 1.54) is 4.88 Å². The first kappa shape index (κ1) is 20.7. The number of benzene rings is 2. The maximum Gasteiger partial charge on any atom is 0.195 e. The molecule has 0 N–H and O–H groups in total. The van der Waals surface area contributed by atoms with Crippen LogP contribution in [-0.4, -0.2) is 20.0 Å². The summed E-state index contributed by atoms with van der Waals surface area (Å²) in [5, 5.41) is 0. The zero-order chi connectivity index (χ0) is 20.6. The topological polar surface area (TPSA) is 44.8 Å². The van der Waals surface area contributed by atoms with E-state index >= 15 is 0 Å². The fraction of sp³-hybridized carbons (Fsp3) is 0.208. The second kappa shape index (κ2) is 9.94. The number of hydrogen-bond donors (Lipinski definition) is 0. The van der Waals surface area contributed by atoms with Crippen LogP contribution < -0.4 is 14.2 Å². The van der Waals surface area contributed by atoms with Gasteiger partial charge in [-0.3, -0.25) is 4.79 Å². The van der Waals surface area contributed by atoms with E-state index in [-0.39, 0.29) is 5.78 Å². The highest BCUT2D eigenvalue weighted by molar-refractivity contribution is 7.14. The van der Waals surface area contributed by atoms with Gasteiger partial charge in [0, 0.05) is 10.4 Å². The van der Waals surface area contributed by atoms with Crippen molar-refractivity contribution in [2.24, 2.45) is 0 Å². The molecule has 3 aromatic rings. The monoisotopic (exact) mass is 408 g/mol. The van der Waals surface area contributed by atoms with Gasteiger partial charge in [-0.15, -0.1) is 11.3 Å². The molecule has 0 spiro atoms. The molecule has 0 fully saturated rings. The van der Waals surface area contributed by atoms with E-state index < -0.39 is 0 Å². The van der Waals surface area contributed by atoms with Gasteiger partial charge in [-0.25, -0.2) is 0 Å². The van der Waals surface area contributed by atoms with Gasteiger partial charge in [-0.1, -0.05) is 19.1 Å². The summed E-state index contributed by atoms with van der Waals surface area (Å²) >= 11 is 1.54. The molecule has 0 atom stereocenters. The highest BCUT2D eigenvalue weighted by Crippen LogP contribution is 2.24. The average Bonchev–Trinajstić information content (AvgIpc) is 3.26. The van der Waals surface area contributed by atoms with Gasteiger partial charge >= 0.3 is 0 Å². The van der Waals surface area contributed by atoms with E-state index in [4.69, 9.17) is 14.2 Å². The van der Waals surface area contributed by atoms with Gasteiger partial charge < -0.3 is 14.2 Å². The van der Waals surface area contributed by atoms with Gasteiger partial charge in [0.25, 0.3) is 0 Å². The molecule has 0 unspecified atom stereocenters. The molecule has 1 heterocycles. The molecule has 0 aliphatic rings. The minimum absolute atomic E-state index is 0.0153. The van der Waals surface area contributed by atoms with Crippen LogP contribution in [0.2, 0.25) is 0 Å². The molecule has 1 aromatic heterocycles. The molecule has 0 radical (unpaired) electrons. The molecule has 5 heteroatoms. The third-order valence-electron chi connectivity index (χ3n) is 4.44. The fourth-order valence-electron chi connectivity index (χ4n) is 2.80. The van der Waals surface area contributed by atoms with E-state index in [9.17, 15) is 4.79 Å². The second-order valence-electron chi connectivity index (χ2n) is 6.35. The number of hydrogen-bond acceptors (Lipinski definition) is 5. The number of carbonyl (C=O) groups is 1. The Bertz CT molecular complexity index is 986. The van der Waals surface area contributed by atoms with Crippen LogP contribution in [0.15, 0.2) is 60.7 Å². The molecule has 150 valence electrons. The van der Waals surface area contributed by atoms with Crippen molar-refractivity contribution in [3.8, 4) is 17.2 Å². The van der Waals surface area contributed by atoms with Gasteiger partial charge in [0.1, 0.15) is 23.9 Å². The van der Waals surface area contributed by atoms with Crippen molar-refractivity contribution in [3.63, 3.8) is 0 Å². The van der Waals surface area contributed by atoms with Gasteiger partial charge in [0.2, 0.25) is 0 Å². The molecule has 0 amide bonds. The number of aryl methyl sites for hydroxylation is 1. The van der Waals surface area contributed by atoms with Crippen molar-refractivity contribution in [2.45, 2.75) is 20.0 Å². The molecule has 4 nitrogen and oxygen atoms in total. The zero-order valence-corrected chi connectivity index (χ0v) is 17.6. The van der Waals surface area contributed by atoms with Crippen molar-refractivity contribution in [1.29, 1.82) is 0 Å². The lowest BCUT2D eigenvalue weighted by Crippen LogP contribution is -1.99. The molecular formula is C24H24O4S. The third kappa shape index (κ3) is 5.48. The Hall–Kier alpha value is -3.05. The Morgan fingerprint density at radius 3 is 2.38 bits per heavy atom. The number of ether oxygens (including phenoxy) is 3. The van der Waals surface area contributed by atoms with E-state index in [1.54, 1.807) is 31.6 Å². The first-order valence-electron chi connectivity index (χ1n) is 9.37. The third-order valence-corrected chi connectivity index (χ3v) is 5.68.